The van der Waals surface area contributed by atoms with Gasteiger partial charge in [0, 0.05) is 21.8 Å². The highest BCUT2D eigenvalue weighted by Gasteiger charge is 2.14. The predicted molar refractivity (Wildman–Crippen MR) is 82.9 cm³/mol. The Bertz CT molecular complexity index is 665. The molecule has 0 aromatic heterocycles. The first-order chi connectivity index (χ1) is 9.88. The lowest BCUT2D eigenvalue weighted by atomic mass is 10.1. The maximum atomic E-state index is 13.6. The van der Waals surface area contributed by atoms with Gasteiger partial charge in [0.25, 0.3) is 5.91 Å². The highest BCUT2D eigenvalue weighted by atomic mass is 35.5. The van der Waals surface area contributed by atoms with E-state index in [1.807, 2.05) is 19.1 Å². The van der Waals surface area contributed by atoms with Crippen LogP contribution in [-0.2, 0) is 0 Å². The van der Waals surface area contributed by atoms with Crippen LogP contribution in [0, 0.1) is 12.7 Å². The summed E-state index contributed by atoms with van der Waals surface area (Å²) in [7, 11) is 0. The van der Waals surface area contributed by atoms with Crippen LogP contribution in [0.1, 0.15) is 34.5 Å². The number of nitrogens with two attached hydrogens (primary N) is 1. The third-order valence-corrected chi connectivity index (χ3v) is 3.58. The Morgan fingerprint density at radius 1 is 1.33 bits per heavy atom. The number of nitrogens with one attached hydrogen (secondary N) is 1. The molecule has 0 saturated heterocycles. The molecule has 0 heterocycles. The molecule has 2 aromatic rings. The van der Waals surface area contributed by atoms with Gasteiger partial charge in [0.15, 0.2) is 0 Å². The minimum absolute atomic E-state index is 0.199. The second-order valence-electron chi connectivity index (χ2n) is 4.92. The monoisotopic (exact) mass is 306 g/mol. The average molecular weight is 307 g/mol. The van der Waals surface area contributed by atoms with Crippen molar-refractivity contribution in [3.63, 3.8) is 0 Å². The van der Waals surface area contributed by atoms with Crippen LogP contribution in [0.15, 0.2) is 36.4 Å². The fourth-order valence-electron chi connectivity index (χ4n) is 1.97. The first-order valence-electron chi connectivity index (χ1n) is 6.50. The van der Waals surface area contributed by atoms with Crippen molar-refractivity contribution in [2.75, 3.05) is 5.73 Å². The minimum Gasteiger partial charge on any atom is -0.398 e. The van der Waals surface area contributed by atoms with Crippen LogP contribution in [-0.4, -0.2) is 5.91 Å². The van der Waals surface area contributed by atoms with E-state index in [2.05, 4.69) is 5.32 Å². The van der Waals surface area contributed by atoms with Gasteiger partial charge in [0.05, 0.1) is 6.04 Å². The van der Waals surface area contributed by atoms with E-state index in [4.69, 9.17) is 17.3 Å². The van der Waals surface area contributed by atoms with Crippen molar-refractivity contribution in [1.29, 1.82) is 0 Å². The summed E-state index contributed by atoms with van der Waals surface area (Å²) in [5.74, 6) is -0.872. The van der Waals surface area contributed by atoms with E-state index in [-0.39, 0.29) is 23.2 Å². The number of carbonyl (C=O) groups excluding carboxylic acids is 1. The smallest absolute Gasteiger partial charge is 0.251 e. The van der Waals surface area contributed by atoms with Crippen LogP contribution < -0.4 is 11.1 Å². The third-order valence-electron chi connectivity index (χ3n) is 3.34. The second kappa shape index (κ2) is 6.14. The van der Waals surface area contributed by atoms with Gasteiger partial charge in [-0.2, -0.15) is 0 Å². The van der Waals surface area contributed by atoms with Gasteiger partial charge in [-0.1, -0.05) is 23.7 Å². The van der Waals surface area contributed by atoms with E-state index in [9.17, 15) is 9.18 Å². The van der Waals surface area contributed by atoms with Gasteiger partial charge in [-0.25, -0.2) is 4.39 Å². The molecule has 1 atom stereocenters. The second-order valence-corrected chi connectivity index (χ2v) is 5.36. The summed E-state index contributed by atoms with van der Waals surface area (Å²) in [5.41, 5.74) is 7.36. The van der Waals surface area contributed by atoms with E-state index in [0.29, 0.717) is 10.6 Å². The highest BCUT2D eigenvalue weighted by molar-refractivity contribution is 6.30. The molecule has 110 valence electrons. The Labute approximate surface area is 127 Å². The lowest BCUT2D eigenvalue weighted by molar-refractivity contribution is 0.0939. The fourth-order valence-corrected chi connectivity index (χ4v) is 2.17. The summed E-state index contributed by atoms with van der Waals surface area (Å²) in [4.78, 5) is 12.2. The van der Waals surface area contributed by atoms with E-state index < -0.39 is 5.82 Å². The van der Waals surface area contributed by atoms with E-state index >= 15 is 0 Å². The number of nitrogen functional groups attached to an aromatic ring is 1. The molecule has 0 fully saturated rings. The standard InChI is InChI=1S/C16H16ClFN2O/c1-9-14(18)7-12(8-15(9)19)16(21)20-10(2)11-4-3-5-13(17)6-11/h3-8,10H,19H2,1-2H3,(H,20,21). The topological polar surface area (TPSA) is 55.1 Å². The summed E-state index contributed by atoms with van der Waals surface area (Å²) in [6, 6.07) is 9.61. The Kier molecular flexibility index (Phi) is 4.48. The van der Waals surface area contributed by atoms with E-state index in [1.54, 1.807) is 19.1 Å². The third kappa shape index (κ3) is 3.52. The molecule has 0 spiro atoms. The first kappa shape index (κ1) is 15.3. The Hall–Kier alpha value is -2.07. The molecule has 2 aromatic carbocycles. The maximum absolute atomic E-state index is 13.6. The number of halogens is 2. The predicted octanol–water partition coefficient (Wildman–Crippen LogP) is 3.86. The molecule has 0 aliphatic rings. The van der Waals surface area contributed by atoms with Crippen molar-refractivity contribution in [2.24, 2.45) is 0 Å². The number of hydrogen-bond donors (Lipinski definition) is 2. The van der Waals surface area contributed by atoms with Gasteiger partial charge in [-0.3, -0.25) is 4.79 Å². The van der Waals surface area contributed by atoms with Crippen molar-refractivity contribution in [3.8, 4) is 0 Å². The zero-order valence-electron chi connectivity index (χ0n) is 11.8. The largest absolute Gasteiger partial charge is 0.398 e. The molecule has 2 rings (SSSR count). The number of anilines is 1. The summed E-state index contributed by atoms with van der Waals surface area (Å²) in [6.45, 7) is 3.40. The maximum Gasteiger partial charge on any atom is 0.251 e. The summed E-state index contributed by atoms with van der Waals surface area (Å²) >= 11 is 5.92. The van der Waals surface area contributed by atoms with Crippen molar-refractivity contribution in [3.05, 3.63) is 63.9 Å². The number of amides is 1. The van der Waals surface area contributed by atoms with Crippen LogP contribution in [0.2, 0.25) is 5.02 Å². The van der Waals surface area contributed by atoms with Crippen LogP contribution in [0.5, 0.6) is 0 Å². The Balaban J connectivity index is 2.18. The molecular formula is C16H16ClFN2O. The van der Waals surface area contributed by atoms with Crippen LogP contribution in [0.4, 0.5) is 10.1 Å². The van der Waals surface area contributed by atoms with Crippen molar-refractivity contribution >= 4 is 23.2 Å². The summed E-state index contributed by atoms with van der Waals surface area (Å²) in [5, 5.41) is 3.39. The van der Waals surface area contributed by atoms with Gasteiger partial charge >= 0.3 is 0 Å². The van der Waals surface area contributed by atoms with Crippen molar-refractivity contribution in [2.45, 2.75) is 19.9 Å². The van der Waals surface area contributed by atoms with Crippen LogP contribution >= 0.6 is 11.6 Å². The SMILES string of the molecule is Cc1c(N)cc(C(=O)NC(C)c2cccc(Cl)c2)cc1F. The molecule has 1 unspecified atom stereocenters. The van der Waals surface area contributed by atoms with Crippen LogP contribution in [0.3, 0.4) is 0 Å². The number of benzene rings is 2. The lowest BCUT2D eigenvalue weighted by Crippen LogP contribution is -2.27. The Morgan fingerprint density at radius 2 is 2.05 bits per heavy atom. The molecule has 1 amide bonds. The van der Waals surface area contributed by atoms with Crippen LogP contribution in [0.25, 0.3) is 0 Å². The first-order valence-corrected chi connectivity index (χ1v) is 6.88. The minimum atomic E-state index is -0.490. The average Bonchev–Trinajstić information content (AvgIpc) is 2.44. The van der Waals surface area contributed by atoms with Gasteiger partial charge < -0.3 is 11.1 Å². The molecule has 0 bridgehead atoms. The summed E-state index contributed by atoms with van der Waals surface area (Å²) < 4.78 is 13.6. The number of hydrogen-bond acceptors (Lipinski definition) is 2. The molecule has 3 nitrogen and oxygen atoms in total. The molecular weight excluding hydrogens is 291 g/mol. The van der Waals surface area contributed by atoms with E-state index in [0.717, 1.165) is 5.56 Å². The van der Waals surface area contributed by atoms with Gasteiger partial charge in [0.1, 0.15) is 5.82 Å². The van der Waals surface area contributed by atoms with E-state index in [1.165, 1.54) is 12.1 Å². The Morgan fingerprint density at radius 3 is 2.67 bits per heavy atom. The van der Waals surface area contributed by atoms with Crippen molar-refractivity contribution in [1.82, 2.24) is 5.32 Å². The number of carbonyl (C=O) groups is 1. The zero-order chi connectivity index (χ0) is 15.6. The normalized spacial score (nSPS) is 12.0. The lowest BCUT2D eigenvalue weighted by Gasteiger charge is -2.15. The molecule has 5 heteroatoms. The quantitative estimate of drug-likeness (QED) is 0.846. The fraction of sp³-hybridized carbons (Fsp3) is 0.188. The van der Waals surface area contributed by atoms with Gasteiger partial charge in [-0.15, -0.1) is 0 Å². The molecule has 0 aliphatic carbocycles. The molecule has 0 aliphatic heterocycles. The summed E-state index contributed by atoms with van der Waals surface area (Å²) in [6.07, 6.45) is 0. The molecule has 0 radical (unpaired) electrons. The number of rotatable bonds is 3. The zero-order valence-corrected chi connectivity index (χ0v) is 12.5. The van der Waals surface area contributed by atoms with Gasteiger partial charge in [0.2, 0.25) is 0 Å². The molecule has 0 saturated carbocycles. The molecule has 3 N–H and O–H groups in total. The van der Waals surface area contributed by atoms with Gasteiger partial charge in [-0.05, 0) is 43.7 Å². The molecule has 21 heavy (non-hydrogen) atoms. The highest BCUT2D eigenvalue weighted by Crippen LogP contribution is 2.20. The van der Waals surface area contributed by atoms with Crippen molar-refractivity contribution < 1.29 is 9.18 Å².